The molecule has 1 aliphatic carbocycles. The molecule has 2 rings (SSSR count). The molecule has 0 spiro atoms. The molecule has 1 aromatic rings. The number of allylic oxidation sites excluding steroid dienone is 2. The largest absolute Gasteiger partial charge is 0.481 e. The number of carbonyl (C=O) groups is 1. The number of hydrogen-bond acceptors (Lipinski definition) is 6. The minimum Gasteiger partial charge on any atom is -0.481 e. The fourth-order valence-electron chi connectivity index (χ4n) is 5.92. The summed E-state index contributed by atoms with van der Waals surface area (Å²) in [4.78, 5) is 11.0. The molecule has 0 saturated heterocycles. The van der Waals surface area contributed by atoms with Crippen molar-refractivity contribution in [3.05, 3.63) is 58.7 Å². The van der Waals surface area contributed by atoms with Crippen LogP contribution in [0, 0.1) is 5.92 Å². The normalized spacial score (nSPS) is 20.5. The summed E-state index contributed by atoms with van der Waals surface area (Å²) in [6.45, 7) is 3.95. The lowest BCUT2D eigenvalue weighted by Crippen LogP contribution is -2.43. The molecule has 0 aliphatic heterocycles. The molecule has 232 valence electrons. The van der Waals surface area contributed by atoms with E-state index in [1.807, 2.05) is 12.2 Å². The van der Waals surface area contributed by atoms with Gasteiger partial charge in [-0.15, -0.1) is 0 Å². The summed E-state index contributed by atoms with van der Waals surface area (Å²) in [6, 6.07) is 8.41. The van der Waals surface area contributed by atoms with Crippen LogP contribution in [0.1, 0.15) is 102 Å². The molecule has 0 bridgehead atoms. The van der Waals surface area contributed by atoms with Crippen LogP contribution in [0.5, 0.6) is 0 Å². The minimum atomic E-state index is -0.912. The number of rotatable bonds is 18. The van der Waals surface area contributed by atoms with Crippen molar-refractivity contribution >= 4 is 5.97 Å². The average Bonchev–Trinajstić information content (AvgIpc) is 2.94. The second-order valence-corrected chi connectivity index (χ2v) is 11.8. The molecule has 0 heterocycles. The molecule has 0 amide bonds. The van der Waals surface area contributed by atoms with Crippen LogP contribution in [-0.2, 0) is 17.6 Å². The number of nitrogens with one attached hydrogen (secondary N) is 1. The lowest BCUT2D eigenvalue weighted by molar-refractivity contribution is -0.137. The van der Waals surface area contributed by atoms with Crippen LogP contribution in [0.15, 0.2) is 47.6 Å². The topological polar surface area (TPSA) is 130 Å². The molecule has 41 heavy (non-hydrogen) atoms. The van der Waals surface area contributed by atoms with Gasteiger partial charge in [-0.3, -0.25) is 4.79 Å². The highest BCUT2D eigenvalue weighted by atomic mass is 16.4. The molecule has 1 aromatic carbocycles. The van der Waals surface area contributed by atoms with Gasteiger partial charge in [0.15, 0.2) is 0 Å². The van der Waals surface area contributed by atoms with Gasteiger partial charge < -0.3 is 30.8 Å². The van der Waals surface area contributed by atoms with Gasteiger partial charge in [-0.1, -0.05) is 75.4 Å². The Morgan fingerprint density at radius 2 is 1.76 bits per heavy atom. The lowest BCUT2D eigenvalue weighted by Gasteiger charge is -2.34. The Bertz CT molecular complexity index is 943. The first kappa shape index (κ1) is 35.2. The molecule has 5 atom stereocenters. The summed E-state index contributed by atoms with van der Waals surface area (Å²) in [6.07, 6.45) is 12.9. The first-order valence-electron chi connectivity index (χ1n) is 15.8. The van der Waals surface area contributed by atoms with Crippen molar-refractivity contribution in [3.8, 4) is 0 Å². The summed E-state index contributed by atoms with van der Waals surface area (Å²) < 4.78 is 0. The van der Waals surface area contributed by atoms with E-state index in [9.17, 15) is 25.2 Å². The second kappa shape index (κ2) is 20.0. The average molecular weight is 574 g/mol. The zero-order chi connectivity index (χ0) is 30.0. The molecule has 0 saturated carbocycles. The van der Waals surface area contributed by atoms with Crippen LogP contribution >= 0.6 is 0 Å². The van der Waals surface area contributed by atoms with Gasteiger partial charge in [0.2, 0.25) is 0 Å². The van der Waals surface area contributed by atoms with Crippen LogP contribution in [-0.4, -0.2) is 69.0 Å². The molecule has 0 aromatic heterocycles. The summed E-state index contributed by atoms with van der Waals surface area (Å²) in [5, 5.41) is 54.1. The van der Waals surface area contributed by atoms with Crippen molar-refractivity contribution in [2.24, 2.45) is 5.92 Å². The maximum atomic E-state index is 11.0. The number of aliphatic hydroxyl groups is 4. The first-order valence-corrected chi connectivity index (χ1v) is 15.8. The Kier molecular flexibility index (Phi) is 17.1. The van der Waals surface area contributed by atoms with Gasteiger partial charge in [0.25, 0.3) is 0 Å². The van der Waals surface area contributed by atoms with Crippen LogP contribution in [0.25, 0.3) is 0 Å². The predicted octanol–water partition coefficient (Wildman–Crippen LogP) is 5.09. The van der Waals surface area contributed by atoms with E-state index in [4.69, 9.17) is 5.11 Å². The van der Waals surface area contributed by atoms with E-state index >= 15 is 0 Å². The van der Waals surface area contributed by atoms with Crippen molar-refractivity contribution in [2.45, 2.75) is 128 Å². The van der Waals surface area contributed by atoms with E-state index < -0.39 is 24.3 Å². The van der Waals surface area contributed by atoms with E-state index in [0.29, 0.717) is 25.8 Å². The van der Waals surface area contributed by atoms with Crippen molar-refractivity contribution in [1.82, 2.24) is 5.32 Å². The Labute approximate surface area is 247 Å². The Morgan fingerprint density at radius 1 is 1.02 bits per heavy atom. The highest BCUT2D eigenvalue weighted by Crippen LogP contribution is 2.33. The van der Waals surface area contributed by atoms with Gasteiger partial charge in [0.1, 0.15) is 0 Å². The van der Waals surface area contributed by atoms with Crippen molar-refractivity contribution in [3.63, 3.8) is 0 Å². The number of carboxylic acid groups (broad SMARTS) is 1. The Morgan fingerprint density at radius 3 is 2.41 bits per heavy atom. The van der Waals surface area contributed by atoms with E-state index in [1.165, 1.54) is 11.1 Å². The van der Waals surface area contributed by atoms with Crippen LogP contribution in [0.2, 0.25) is 0 Å². The van der Waals surface area contributed by atoms with Crippen molar-refractivity contribution in [1.29, 1.82) is 0 Å². The standard InChI is InChI=1S/C34H55NO6/c1-3-4-6-14-30(38)21-20-28-18-16-26-11-9-10-12-27(26)17-19-29(13-7-5-8-15-33(40)41)34(35-23-25(2)37)32(28)22-31(39)24-36/h9-12,20-21,25,29-31,34-39H,3-8,13-19,22-24H2,1-2H3,(H,40,41)/t25-,29-,30-,31-,34+/m0/s1. The van der Waals surface area contributed by atoms with Gasteiger partial charge in [0, 0.05) is 19.0 Å². The van der Waals surface area contributed by atoms with Crippen LogP contribution in [0.3, 0.4) is 0 Å². The number of fused-ring (bicyclic) bond motifs is 1. The first-order chi connectivity index (χ1) is 19.7. The maximum Gasteiger partial charge on any atom is 0.303 e. The van der Waals surface area contributed by atoms with Gasteiger partial charge in [-0.25, -0.2) is 0 Å². The van der Waals surface area contributed by atoms with Crippen LogP contribution in [0.4, 0.5) is 0 Å². The molecule has 6 N–H and O–H groups in total. The summed E-state index contributed by atoms with van der Waals surface area (Å²) in [7, 11) is 0. The number of unbranched alkanes of at least 4 members (excludes halogenated alkanes) is 4. The van der Waals surface area contributed by atoms with Crippen molar-refractivity contribution in [2.75, 3.05) is 13.2 Å². The van der Waals surface area contributed by atoms with Crippen molar-refractivity contribution < 1.29 is 30.3 Å². The fraction of sp³-hybridized carbons (Fsp3) is 0.676. The third-order valence-corrected chi connectivity index (χ3v) is 8.21. The number of hydrogen-bond donors (Lipinski definition) is 6. The Hall–Kier alpha value is -2.03. The summed E-state index contributed by atoms with van der Waals surface area (Å²) in [5.74, 6) is -0.586. The predicted molar refractivity (Wildman–Crippen MR) is 165 cm³/mol. The van der Waals surface area contributed by atoms with E-state index in [0.717, 1.165) is 75.4 Å². The molecule has 0 unspecified atom stereocenters. The zero-order valence-electron chi connectivity index (χ0n) is 25.3. The number of aliphatic carboxylic acids is 1. The number of carboxylic acids is 1. The van der Waals surface area contributed by atoms with Gasteiger partial charge in [-0.2, -0.15) is 0 Å². The molecular weight excluding hydrogens is 518 g/mol. The minimum absolute atomic E-state index is 0.132. The van der Waals surface area contributed by atoms with Crippen LogP contribution < -0.4 is 5.32 Å². The molecule has 0 fully saturated rings. The fourth-order valence-corrected chi connectivity index (χ4v) is 5.92. The summed E-state index contributed by atoms with van der Waals surface area (Å²) in [5.41, 5.74) is 4.72. The number of aryl methyl sites for hydroxylation is 2. The second-order valence-electron chi connectivity index (χ2n) is 11.8. The molecule has 0 radical (unpaired) electrons. The highest BCUT2D eigenvalue weighted by Gasteiger charge is 2.29. The highest BCUT2D eigenvalue weighted by molar-refractivity contribution is 5.66. The smallest absolute Gasteiger partial charge is 0.303 e. The van der Waals surface area contributed by atoms with Gasteiger partial charge >= 0.3 is 5.97 Å². The third kappa shape index (κ3) is 13.7. The third-order valence-electron chi connectivity index (χ3n) is 8.21. The number of benzene rings is 1. The number of aliphatic hydroxyl groups excluding tert-OH is 4. The molecule has 7 heteroatoms. The monoisotopic (exact) mass is 573 g/mol. The Balaban J connectivity index is 2.53. The SMILES string of the molecule is CCCCC[C@H](O)C=CC1=C(C[C@H](O)CO)[C@H](NC[C@H](C)O)[C@@H](CCCCCC(=O)O)CCc2ccccc2CC1. The quantitative estimate of drug-likeness (QED) is 0.135. The van der Waals surface area contributed by atoms with Gasteiger partial charge in [-0.05, 0) is 86.5 Å². The maximum absolute atomic E-state index is 11.0. The molecule has 7 nitrogen and oxygen atoms in total. The van der Waals surface area contributed by atoms with E-state index in [-0.39, 0.29) is 25.0 Å². The van der Waals surface area contributed by atoms with E-state index in [2.05, 4.69) is 36.5 Å². The van der Waals surface area contributed by atoms with Gasteiger partial charge in [0.05, 0.1) is 24.9 Å². The zero-order valence-corrected chi connectivity index (χ0v) is 25.3. The van der Waals surface area contributed by atoms with E-state index in [1.54, 1.807) is 6.92 Å². The molecular formula is C34H55NO6. The summed E-state index contributed by atoms with van der Waals surface area (Å²) >= 11 is 0. The molecule has 1 aliphatic rings. The lowest BCUT2D eigenvalue weighted by atomic mass is 9.78.